The summed E-state index contributed by atoms with van der Waals surface area (Å²) < 4.78 is 64.8. The number of carboxylic acids is 1. The number of hydrogen-bond acceptors (Lipinski definition) is 9. The Morgan fingerprint density at radius 1 is 1.00 bits per heavy atom. The molecular formula is C36H38F4N6O7. The van der Waals surface area contributed by atoms with Gasteiger partial charge in [0, 0.05) is 68.1 Å². The number of aromatic nitrogens is 2. The van der Waals surface area contributed by atoms with Gasteiger partial charge in [0.05, 0.1) is 36.2 Å². The maximum absolute atomic E-state index is 15.1. The van der Waals surface area contributed by atoms with Crippen LogP contribution in [-0.4, -0.2) is 62.8 Å². The number of para-hydroxylation sites is 1. The van der Waals surface area contributed by atoms with Crippen LogP contribution in [0.3, 0.4) is 0 Å². The van der Waals surface area contributed by atoms with Crippen LogP contribution in [0.2, 0.25) is 0 Å². The number of alkyl halides is 3. The zero-order chi connectivity index (χ0) is 38.4. The Balaban J connectivity index is 1.51. The minimum atomic E-state index is -4.93. The van der Waals surface area contributed by atoms with Crippen molar-refractivity contribution in [2.45, 2.75) is 51.6 Å². The van der Waals surface area contributed by atoms with Gasteiger partial charge in [0.25, 0.3) is 11.2 Å². The molecule has 0 saturated carbocycles. The normalized spacial score (nSPS) is 14.3. The van der Waals surface area contributed by atoms with Crippen LogP contribution >= 0.6 is 0 Å². The Kier molecular flexibility index (Phi) is 12.0. The van der Waals surface area contributed by atoms with Crippen LogP contribution in [0.1, 0.15) is 46.8 Å². The number of nitrogens with two attached hydrogens (primary N) is 1. The molecule has 1 saturated heterocycles. The van der Waals surface area contributed by atoms with Crippen molar-refractivity contribution in [3.63, 3.8) is 0 Å². The smallest absolute Gasteiger partial charge is 0.416 e. The van der Waals surface area contributed by atoms with E-state index >= 15 is 4.39 Å². The molecule has 282 valence electrons. The minimum absolute atomic E-state index is 0.0369. The molecule has 5 rings (SSSR count). The Bertz CT molecular complexity index is 2090. The summed E-state index contributed by atoms with van der Waals surface area (Å²) in [5.41, 5.74) is 3.93. The lowest BCUT2D eigenvalue weighted by atomic mass is 10.1. The van der Waals surface area contributed by atoms with Crippen LogP contribution in [0.25, 0.3) is 0 Å². The van der Waals surface area contributed by atoms with Gasteiger partial charge >= 0.3 is 17.8 Å². The summed E-state index contributed by atoms with van der Waals surface area (Å²) in [5.74, 6) is -1.87. The molecule has 0 spiro atoms. The van der Waals surface area contributed by atoms with Gasteiger partial charge in [-0.2, -0.15) is 13.2 Å². The number of rotatable bonds is 14. The third-order valence-corrected chi connectivity index (χ3v) is 9.10. The first-order valence-electron chi connectivity index (χ1n) is 16.7. The van der Waals surface area contributed by atoms with Crippen LogP contribution in [0.5, 0.6) is 5.75 Å². The van der Waals surface area contributed by atoms with Crippen molar-refractivity contribution in [3.05, 3.63) is 131 Å². The van der Waals surface area contributed by atoms with Crippen molar-refractivity contribution >= 4 is 17.3 Å². The van der Waals surface area contributed by atoms with Crippen LogP contribution in [0.15, 0.2) is 76.3 Å². The van der Waals surface area contributed by atoms with E-state index < -0.39 is 64.4 Å². The lowest BCUT2D eigenvalue weighted by molar-refractivity contribution is -0.384. The Morgan fingerprint density at radius 3 is 2.38 bits per heavy atom. The monoisotopic (exact) mass is 742 g/mol. The van der Waals surface area contributed by atoms with Crippen LogP contribution in [-0.2, 0) is 30.6 Å². The Labute approximate surface area is 300 Å². The SMILES string of the molecule is Cc1c(N2CCN(Cc3cccc([N+](=O)[O-])c3)CC2)c(=O)n(CC(N)c2ccccc2OCCCC(=O)O)c(=O)n1Cc1c(F)cccc1C(F)(F)F. The number of piperazine rings is 1. The molecular weight excluding hydrogens is 704 g/mol. The maximum atomic E-state index is 15.1. The molecule has 3 N–H and O–H groups in total. The zero-order valence-corrected chi connectivity index (χ0v) is 28.7. The molecule has 1 aliphatic heterocycles. The molecule has 0 amide bonds. The van der Waals surface area contributed by atoms with E-state index in [2.05, 4.69) is 0 Å². The molecule has 0 radical (unpaired) electrons. The van der Waals surface area contributed by atoms with Crippen molar-refractivity contribution < 1.29 is 37.1 Å². The average molecular weight is 743 g/mol. The van der Waals surface area contributed by atoms with Gasteiger partial charge in [-0.1, -0.05) is 36.4 Å². The van der Waals surface area contributed by atoms with E-state index in [0.717, 1.165) is 27.3 Å². The number of carbonyl (C=O) groups is 1. The fourth-order valence-electron chi connectivity index (χ4n) is 6.42. The van der Waals surface area contributed by atoms with E-state index in [9.17, 15) is 37.7 Å². The third-order valence-electron chi connectivity index (χ3n) is 9.10. The molecule has 0 aliphatic carbocycles. The molecule has 13 nitrogen and oxygen atoms in total. The second-order valence-corrected chi connectivity index (χ2v) is 12.7. The summed E-state index contributed by atoms with van der Waals surface area (Å²) >= 11 is 0. The lowest BCUT2D eigenvalue weighted by Gasteiger charge is -2.37. The van der Waals surface area contributed by atoms with Gasteiger partial charge in [-0.05, 0) is 37.1 Å². The van der Waals surface area contributed by atoms with Gasteiger partial charge in [-0.3, -0.25) is 33.7 Å². The Hall–Kier alpha value is -5.55. The quantitative estimate of drug-likeness (QED) is 0.0801. The molecule has 1 unspecified atom stereocenters. The van der Waals surface area contributed by atoms with Gasteiger partial charge in [-0.25, -0.2) is 9.18 Å². The number of carboxylic acid groups (broad SMARTS) is 1. The average Bonchev–Trinajstić information content (AvgIpc) is 3.11. The summed E-state index contributed by atoms with van der Waals surface area (Å²) in [4.78, 5) is 53.8. The molecule has 1 aliphatic rings. The van der Waals surface area contributed by atoms with E-state index in [1.165, 1.54) is 19.1 Å². The molecule has 1 fully saturated rings. The number of non-ortho nitro benzene ring substituents is 1. The molecule has 17 heteroatoms. The van der Waals surface area contributed by atoms with E-state index in [-0.39, 0.29) is 49.6 Å². The zero-order valence-electron chi connectivity index (χ0n) is 28.7. The predicted octanol–water partition coefficient (Wildman–Crippen LogP) is 4.70. The number of nitrogens with zero attached hydrogens (tertiary/aromatic N) is 5. The maximum Gasteiger partial charge on any atom is 0.416 e. The highest BCUT2D eigenvalue weighted by Crippen LogP contribution is 2.34. The predicted molar refractivity (Wildman–Crippen MR) is 187 cm³/mol. The lowest BCUT2D eigenvalue weighted by Crippen LogP contribution is -2.51. The van der Waals surface area contributed by atoms with Gasteiger partial charge in [0.2, 0.25) is 0 Å². The highest BCUT2D eigenvalue weighted by molar-refractivity contribution is 5.66. The second kappa shape index (κ2) is 16.4. The number of ether oxygens (including phenoxy) is 1. The fraction of sp³-hybridized carbons (Fsp3) is 0.361. The molecule has 0 bridgehead atoms. The second-order valence-electron chi connectivity index (χ2n) is 12.7. The number of aliphatic carboxylic acids is 1. The van der Waals surface area contributed by atoms with Crippen molar-refractivity contribution in [2.75, 3.05) is 37.7 Å². The number of nitro benzene ring substituents is 1. The van der Waals surface area contributed by atoms with Crippen molar-refractivity contribution in [2.24, 2.45) is 5.73 Å². The Morgan fingerprint density at radius 2 is 1.70 bits per heavy atom. The minimum Gasteiger partial charge on any atom is -0.493 e. The highest BCUT2D eigenvalue weighted by Gasteiger charge is 2.35. The van der Waals surface area contributed by atoms with Crippen LogP contribution in [0, 0.1) is 22.9 Å². The standard InChI is InChI=1S/C36H38F4N6O7/c1-23-33(43-16-14-42(15-17-43)20-24-7-4-8-25(19-24)46(51)52)34(49)45(22-30(41)26-9-2-3-12-31(26)53-18-6-13-32(47)48)35(50)44(23)21-27-28(36(38,39)40)10-5-11-29(27)37/h2-5,7-12,19,30H,6,13-18,20-22,41H2,1H3,(H,47,48). The van der Waals surface area contributed by atoms with E-state index in [1.807, 2.05) is 4.90 Å². The summed E-state index contributed by atoms with van der Waals surface area (Å²) in [6.45, 7) is 1.93. The fourth-order valence-corrected chi connectivity index (χ4v) is 6.42. The number of anilines is 1. The summed E-state index contributed by atoms with van der Waals surface area (Å²) in [6.07, 6.45) is -4.85. The summed E-state index contributed by atoms with van der Waals surface area (Å²) in [5, 5.41) is 20.2. The number of halogens is 4. The van der Waals surface area contributed by atoms with E-state index in [4.69, 9.17) is 15.6 Å². The van der Waals surface area contributed by atoms with Crippen molar-refractivity contribution in [1.29, 1.82) is 0 Å². The highest BCUT2D eigenvalue weighted by atomic mass is 19.4. The summed E-state index contributed by atoms with van der Waals surface area (Å²) in [7, 11) is 0. The van der Waals surface area contributed by atoms with Crippen molar-refractivity contribution in [1.82, 2.24) is 14.0 Å². The van der Waals surface area contributed by atoms with E-state index in [0.29, 0.717) is 36.5 Å². The van der Waals surface area contributed by atoms with E-state index in [1.54, 1.807) is 41.3 Å². The number of benzene rings is 3. The molecule has 1 aromatic heterocycles. The largest absolute Gasteiger partial charge is 0.493 e. The first-order chi connectivity index (χ1) is 25.1. The molecule has 4 aromatic rings. The molecule has 1 atom stereocenters. The van der Waals surface area contributed by atoms with Crippen molar-refractivity contribution in [3.8, 4) is 5.75 Å². The number of hydrogen-bond donors (Lipinski definition) is 2. The third kappa shape index (κ3) is 9.10. The van der Waals surface area contributed by atoms with Gasteiger partial charge in [-0.15, -0.1) is 0 Å². The van der Waals surface area contributed by atoms with Gasteiger partial charge in [0.15, 0.2) is 0 Å². The van der Waals surface area contributed by atoms with Gasteiger partial charge in [0.1, 0.15) is 17.3 Å². The van der Waals surface area contributed by atoms with Crippen LogP contribution in [0.4, 0.5) is 28.9 Å². The molecule has 3 aromatic carbocycles. The van der Waals surface area contributed by atoms with Gasteiger partial charge < -0.3 is 20.5 Å². The van der Waals surface area contributed by atoms with Crippen LogP contribution < -0.4 is 26.6 Å². The molecule has 53 heavy (non-hydrogen) atoms. The topological polar surface area (TPSA) is 166 Å². The molecule has 2 heterocycles. The first-order valence-corrected chi connectivity index (χ1v) is 16.7. The number of nitro groups is 1. The summed E-state index contributed by atoms with van der Waals surface area (Å²) in [6, 6.07) is 14.2. The first kappa shape index (κ1) is 38.7.